The molecular formula is C25H32ClF6NO4. The van der Waals surface area contributed by atoms with E-state index in [0.717, 1.165) is 44.1 Å². The Morgan fingerprint density at radius 3 is 1.97 bits per heavy atom. The number of carboxylic acid groups (broad SMARTS) is 2. The van der Waals surface area contributed by atoms with Crippen molar-refractivity contribution in [3.05, 3.63) is 34.9 Å². The van der Waals surface area contributed by atoms with E-state index in [1.165, 1.54) is 0 Å². The molecule has 2 fully saturated rings. The SMILES string of the molecule is O=C(O)C(F)(F)F.O=C(O)C[C@@H]1CC[C@@H](N(CCC(F)(F)F)CC2CCCC2)[C@H](c2ccc(Cl)cc2)C1. The summed E-state index contributed by atoms with van der Waals surface area (Å²) >= 11 is 6.05. The Morgan fingerprint density at radius 2 is 1.49 bits per heavy atom. The Bertz CT molecular complexity index is 871. The maximum absolute atomic E-state index is 13.1. The fraction of sp³-hybridized carbons (Fsp3) is 0.680. The highest BCUT2D eigenvalue weighted by Gasteiger charge is 2.39. The molecule has 12 heteroatoms. The first kappa shape index (κ1) is 31.2. The minimum Gasteiger partial charge on any atom is -0.481 e. The molecule has 0 unspecified atom stereocenters. The highest BCUT2D eigenvalue weighted by Crippen LogP contribution is 2.42. The molecule has 2 aliphatic carbocycles. The second-order valence-corrected chi connectivity index (χ2v) is 10.3. The zero-order valence-corrected chi connectivity index (χ0v) is 21.0. The molecule has 1 aromatic carbocycles. The maximum Gasteiger partial charge on any atom is 0.490 e. The summed E-state index contributed by atoms with van der Waals surface area (Å²) in [5, 5.41) is 17.0. The topological polar surface area (TPSA) is 77.8 Å². The van der Waals surface area contributed by atoms with E-state index in [1.54, 1.807) is 0 Å². The quantitative estimate of drug-likeness (QED) is 0.331. The van der Waals surface area contributed by atoms with Crippen LogP contribution in [0.15, 0.2) is 24.3 Å². The molecule has 0 saturated heterocycles. The van der Waals surface area contributed by atoms with E-state index in [2.05, 4.69) is 4.90 Å². The maximum atomic E-state index is 13.1. The third-order valence-corrected chi connectivity index (χ3v) is 7.30. The van der Waals surface area contributed by atoms with Crippen LogP contribution >= 0.6 is 11.6 Å². The summed E-state index contributed by atoms with van der Waals surface area (Å²) in [6.07, 6.45) is -3.30. The van der Waals surface area contributed by atoms with Crippen molar-refractivity contribution in [3.8, 4) is 0 Å². The van der Waals surface area contributed by atoms with Gasteiger partial charge in [-0.15, -0.1) is 0 Å². The predicted octanol–water partition coefficient (Wildman–Crippen LogP) is 7.14. The van der Waals surface area contributed by atoms with E-state index in [4.69, 9.17) is 21.5 Å². The third-order valence-electron chi connectivity index (χ3n) is 7.05. The van der Waals surface area contributed by atoms with Crippen molar-refractivity contribution < 1.29 is 46.1 Å². The van der Waals surface area contributed by atoms with Gasteiger partial charge in [0.15, 0.2) is 0 Å². The molecule has 2 aliphatic rings. The standard InChI is InChI=1S/C23H31ClF3NO2.C2HF3O2/c24-19-8-6-18(7-9-19)20-13-17(14-22(29)30)5-10-21(20)28(12-11-23(25,26)27)15-16-3-1-2-4-16;3-2(4,5)1(6)7/h6-9,16-17,20-21H,1-5,10-15H2,(H,29,30);(H,6,7)/t17-,20+,21-;/m1./s1. The molecular weight excluding hydrogens is 528 g/mol. The molecule has 5 nitrogen and oxygen atoms in total. The fourth-order valence-corrected chi connectivity index (χ4v) is 5.49. The summed E-state index contributed by atoms with van der Waals surface area (Å²) in [4.78, 5) is 22.2. The van der Waals surface area contributed by atoms with Crippen LogP contribution < -0.4 is 0 Å². The van der Waals surface area contributed by atoms with Crippen molar-refractivity contribution >= 4 is 23.5 Å². The van der Waals surface area contributed by atoms with Gasteiger partial charge in [-0.3, -0.25) is 9.69 Å². The highest BCUT2D eigenvalue weighted by molar-refractivity contribution is 6.30. The smallest absolute Gasteiger partial charge is 0.481 e. The Morgan fingerprint density at radius 1 is 0.919 bits per heavy atom. The molecule has 0 spiro atoms. The van der Waals surface area contributed by atoms with Crippen LogP contribution in [-0.4, -0.2) is 58.5 Å². The number of hydrogen-bond donors (Lipinski definition) is 2. The van der Waals surface area contributed by atoms with Gasteiger partial charge < -0.3 is 10.2 Å². The van der Waals surface area contributed by atoms with Gasteiger partial charge in [-0.1, -0.05) is 36.6 Å². The second-order valence-electron chi connectivity index (χ2n) is 9.82. The fourth-order valence-electron chi connectivity index (χ4n) is 5.37. The molecule has 0 aromatic heterocycles. The molecule has 37 heavy (non-hydrogen) atoms. The van der Waals surface area contributed by atoms with Crippen molar-refractivity contribution in [1.82, 2.24) is 4.90 Å². The summed E-state index contributed by atoms with van der Waals surface area (Å²) in [6.45, 7) is 0.715. The average molecular weight is 560 g/mol. The molecule has 0 amide bonds. The van der Waals surface area contributed by atoms with Crippen molar-refractivity contribution in [2.75, 3.05) is 13.1 Å². The highest BCUT2D eigenvalue weighted by atomic mass is 35.5. The molecule has 2 N–H and O–H groups in total. The summed E-state index contributed by atoms with van der Waals surface area (Å²) in [7, 11) is 0. The van der Waals surface area contributed by atoms with Crippen LogP contribution in [0.25, 0.3) is 0 Å². The number of alkyl halides is 6. The van der Waals surface area contributed by atoms with E-state index in [9.17, 15) is 36.2 Å². The molecule has 0 radical (unpaired) electrons. The normalized spacial score (nSPS) is 23.0. The Hall–Kier alpha value is -2.01. The number of nitrogens with zero attached hydrogens (tertiary/aromatic N) is 1. The number of halogens is 7. The number of carbonyl (C=O) groups is 2. The Balaban J connectivity index is 0.000000604. The first-order chi connectivity index (χ1) is 17.2. The Labute approximate surface area is 216 Å². The Kier molecular flexibility index (Phi) is 11.5. The largest absolute Gasteiger partial charge is 0.490 e. The van der Waals surface area contributed by atoms with Crippen LogP contribution in [-0.2, 0) is 9.59 Å². The molecule has 3 atom stereocenters. The predicted molar refractivity (Wildman–Crippen MR) is 125 cm³/mol. The summed E-state index contributed by atoms with van der Waals surface area (Å²) in [5.74, 6) is -3.04. The summed E-state index contributed by atoms with van der Waals surface area (Å²) in [5.41, 5.74) is 1.04. The van der Waals surface area contributed by atoms with Crippen LogP contribution in [0.5, 0.6) is 0 Å². The van der Waals surface area contributed by atoms with Crippen molar-refractivity contribution in [1.29, 1.82) is 0 Å². The average Bonchev–Trinajstić information content (AvgIpc) is 3.29. The monoisotopic (exact) mass is 559 g/mol. The van der Waals surface area contributed by atoms with E-state index < -0.39 is 30.7 Å². The zero-order chi connectivity index (χ0) is 27.8. The first-order valence-electron chi connectivity index (χ1n) is 12.2. The van der Waals surface area contributed by atoms with Crippen molar-refractivity contribution in [3.63, 3.8) is 0 Å². The van der Waals surface area contributed by atoms with Crippen LogP contribution in [0, 0.1) is 11.8 Å². The van der Waals surface area contributed by atoms with E-state index >= 15 is 0 Å². The lowest BCUT2D eigenvalue weighted by molar-refractivity contribution is -0.192. The number of carboxylic acids is 2. The molecule has 3 rings (SSSR count). The summed E-state index contributed by atoms with van der Waals surface area (Å²) < 4.78 is 70.9. The molecule has 210 valence electrons. The first-order valence-corrected chi connectivity index (χ1v) is 12.6. The lowest BCUT2D eigenvalue weighted by atomic mass is 9.73. The van der Waals surface area contributed by atoms with Gasteiger partial charge in [-0.25, -0.2) is 4.79 Å². The summed E-state index contributed by atoms with van der Waals surface area (Å²) in [6, 6.07) is 7.51. The number of aliphatic carboxylic acids is 2. The number of benzene rings is 1. The molecule has 1 aromatic rings. The van der Waals surface area contributed by atoms with Crippen LogP contribution in [0.4, 0.5) is 26.3 Å². The van der Waals surface area contributed by atoms with Gasteiger partial charge in [0.1, 0.15) is 0 Å². The van der Waals surface area contributed by atoms with Gasteiger partial charge in [-0.05, 0) is 67.6 Å². The van der Waals surface area contributed by atoms with Crippen LogP contribution in [0.1, 0.15) is 69.3 Å². The van der Waals surface area contributed by atoms with Gasteiger partial charge in [0, 0.05) is 30.6 Å². The zero-order valence-electron chi connectivity index (χ0n) is 20.2. The van der Waals surface area contributed by atoms with Gasteiger partial charge in [0.05, 0.1) is 6.42 Å². The number of hydrogen-bond acceptors (Lipinski definition) is 3. The number of rotatable bonds is 8. The van der Waals surface area contributed by atoms with Crippen LogP contribution in [0.2, 0.25) is 5.02 Å². The van der Waals surface area contributed by atoms with Crippen LogP contribution in [0.3, 0.4) is 0 Å². The molecule has 0 bridgehead atoms. The minimum atomic E-state index is -5.08. The second kappa shape index (κ2) is 13.7. The molecule has 0 heterocycles. The third kappa shape index (κ3) is 11.1. The van der Waals surface area contributed by atoms with E-state index in [-0.39, 0.29) is 30.8 Å². The van der Waals surface area contributed by atoms with Crippen molar-refractivity contribution in [2.24, 2.45) is 11.8 Å². The van der Waals surface area contributed by atoms with Gasteiger partial charge >= 0.3 is 24.3 Å². The molecule has 2 saturated carbocycles. The lowest BCUT2D eigenvalue weighted by Crippen LogP contribution is -2.46. The lowest BCUT2D eigenvalue weighted by Gasteiger charge is -2.44. The van der Waals surface area contributed by atoms with Gasteiger partial charge in [-0.2, -0.15) is 26.3 Å². The van der Waals surface area contributed by atoms with Gasteiger partial charge in [0.2, 0.25) is 0 Å². The molecule has 0 aliphatic heterocycles. The van der Waals surface area contributed by atoms with E-state index in [0.29, 0.717) is 23.9 Å². The van der Waals surface area contributed by atoms with E-state index in [1.807, 2.05) is 24.3 Å². The van der Waals surface area contributed by atoms with Crippen molar-refractivity contribution in [2.45, 2.75) is 82.1 Å². The minimum absolute atomic E-state index is 0.000768. The van der Waals surface area contributed by atoms with Gasteiger partial charge in [0.25, 0.3) is 0 Å².